The maximum absolute atomic E-state index is 10.6. The molecule has 1 atom stereocenters. The van der Waals surface area contributed by atoms with Gasteiger partial charge in [0.15, 0.2) is 0 Å². The number of hydrogen-bond donors (Lipinski definition) is 2. The van der Waals surface area contributed by atoms with Crippen LogP contribution in [-0.4, -0.2) is 42.7 Å². The predicted octanol–water partition coefficient (Wildman–Crippen LogP) is 1.80. The Hall–Kier alpha value is -0.910. The fourth-order valence-corrected chi connectivity index (χ4v) is 2.55. The van der Waals surface area contributed by atoms with E-state index in [-0.39, 0.29) is 6.42 Å². The average Bonchev–Trinajstić information content (AvgIpc) is 2.70. The van der Waals surface area contributed by atoms with E-state index in [2.05, 4.69) is 31.2 Å². The third-order valence-electron chi connectivity index (χ3n) is 2.68. The Balaban J connectivity index is 2.30. The Kier molecular flexibility index (Phi) is 6.32. The van der Waals surface area contributed by atoms with Gasteiger partial charge in [-0.1, -0.05) is 0 Å². The van der Waals surface area contributed by atoms with Crippen LogP contribution in [0.25, 0.3) is 0 Å². The number of carboxylic acid groups (broad SMARTS) is 1. The maximum atomic E-state index is 10.6. The van der Waals surface area contributed by atoms with Crippen molar-refractivity contribution in [3.8, 4) is 0 Å². The molecule has 1 heterocycles. The lowest BCUT2D eigenvalue weighted by atomic mass is 10.2. The first kappa shape index (κ1) is 15.1. The van der Waals surface area contributed by atoms with E-state index < -0.39 is 5.97 Å². The van der Waals surface area contributed by atoms with Crippen molar-refractivity contribution in [1.29, 1.82) is 0 Å². The summed E-state index contributed by atoms with van der Waals surface area (Å²) in [6.45, 7) is 4.07. The molecule has 0 bridgehead atoms. The molecule has 0 aliphatic rings. The van der Waals surface area contributed by atoms with Crippen LogP contribution in [0.4, 0.5) is 0 Å². The van der Waals surface area contributed by atoms with Gasteiger partial charge >= 0.3 is 5.97 Å². The molecule has 5 heteroatoms. The molecule has 0 saturated heterocycles. The van der Waals surface area contributed by atoms with Gasteiger partial charge in [-0.25, -0.2) is 0 Å². The number of aliphatic carboxylic acids is 1. The maximum Gasteiger partial charge on any atom is 0.308 e. The van der Waals surface area contributed by atoms with E-state index >= 15 is 0 Å². The van der Waals surface area contributed by atoms with Crippen molar-refractivity contribution in [3.05, 3.63) is 21.9 Å². The van der Waals surface area contributed by atoms with Gasteiger partial charge in [0.2, 0.25) is 0 Å². The number of thiophene rings is 1. The van der Waals surface area contributed by atoms with E-state index in [1.165, 1.54) is 4.88 Å². The van der Waals surface area contributed by atoms with Gasteiger partial charge in [-0.2, -0.15) is 0 Å². The summed E-state index contributed by atoms with van der Waals surface area (Å²) in [6.07, 6.45) is 1.24. The number of rotatable bonds is 8. The van der Waals surface area contributed by atoms with Crippen LogP contribution >= 0.6 is 11.3 Å². The van der Waals surface area contributed by atoms with Gasteiger partial charge in [0.05, 0.1) is 6.42 Å². The summed E-state index contributed by atoms with van der Waals surface area (Å²) >= 11 is 1.57. The molecule has 18 heavy (non-hydrogen) atoms. The van der Waals surface area contributed by atoms with Crippen LogP contribution in [0.5, 0.6) is 0 Å². The van der Waals surface area contributed by atoms with Gasteiger partial charge in [-0.15, -0.1) is 11.3 Å². The molecule has 0 radical (unpaired) electrons. The molecule has 0 saturated carbocycles. The van der Waals surface area contributed by atoms with E-state index in [1.807, 2.05) is 12.1 Å². The van der Waals surface area contributed by atoms with Crippen LogP contribution in [0, 0.1) is 0 Å². The molecule has 1 rings (SSSR count). The molecule has 4 nitrogen and oxygen atoms in total. The highest BCUT2D eigenvalue weighted by Crippen LogP contribution is 2.17. The third kappa shape index (κ3) is 6.14. The van der Waals surface area contributed by atoms with Crippen molar-refractivity contribution in [2.24, 2.45) is 0 Å². The Bertz CT molecular complexity index is 377. The van der Waals surface area contributed by atoms with E-state index in [1.54, 1.807) is 11.3 Å². The summed E-state index contributed by atoms with van der Waals surface area (Å²) in [5.74, 6) is -0.768. The average molecular weight is 270 g/mol. The SMILES string of the molecule is CC(CCN(C)C)NCc1ccc(CC(=O)O)s1. The Morgan fingerprint density at radius 2 is 2.11 bits per heavy atom. The summed E-state index contributed by atoms with van der Waals surface area (Å²) in [7, 11) is 4.15. The fraction of sp³-hybridized carbons (Fsp3) is 0.615. The van der Waals surface area contributed by atoms with Crippen molar-refractivity contribution in [2.75, 3.05) is 20.6 Å². The zero-order valence-corrected chi connectivity index (χ0v) is 12.1. The first-order valence-electron chi connectivity index (χ1n) is 6.15. The van der Waals surface area contributed by atoms with E-state index in [0.717, 1.165) is 24.4 Å². The molecule has 1 aromatic rings. The fourth-order valence-electron chi connectivity index (χ4n) is 1.59. The third-order valence-corrected chi connectivity index (χ3v) is 3.76. The summed E-state index contributed by atoms with van der Waals surface area (Å²) in [4.78, 5) is 14.9. The van der Waals surface area contributed by atoms with Crippen molar-refractivity contribution in [3.63, 3.8) is 0 Å². The van der Waals surface area contributed by atoms with Gasteiger partial charge in [-0.3, -0.25) is 4.79 Å². The van der Waals surface area contributed by atoms with Gasteiger partial charge in [0, 0.05) is 22.3 Å². The highest BCUT2D eigenvalue weighted by molar-refractivity contribution is 7.12. The first-order chi connectivity index (χ1) is 8.47. The van der Waals surface area contributed by atoms with Crippen molar-refractivity contribution >= 4 is 17.3 Å². The topological polar surface area (TPSA) is 52.6 Å². The highest BCUT2D eigenvalue weighted by atomic mass is 32.1. The molecule has 0 aliphatic carbocycles. The second-order valence-corrected chi connectivity index (χ2v) is 6.07. The van der Waals surface area contributed by atoms with Crippen LogP contribution < -0.4 is 5.32 Å². The van der Waals surface area contributed by atoms with Gasteiger partial charge in [0.25, 0.3) is 0 Å². The van der Waals surface area contributed by atoms with E-state index in [4.69, 9.17) is 5.11 Å². The summed E-state index contributed by atoms with van der Waals surface area (Å²) < 4.78 is 0. The molecule has 0 aliphatic heterocycles. The first-order valence-corrected chi connectivity index (χ1v) is 6.96. The van der Waals surface area contributed by atoms with Gasteiger partial charge in [-0.05, 0) is 46.1 Å². The van der Waals surface area contributed by atoms with E-state index in [9.17, 15) is 4.79 Å². The second kappa shape index (κ2) is 7.51. The molecule has 1 unspecified atom stereocenters. The van der Waals surface area contributed by atoms with Crippen molar-refractivity contribution < 1.29 is 9.90 Å². The Labute approximate surface area is 113 Å². The summed E-state index contributed by atoms with van der Waals surface area (Å²) in [6, 6.07) is 4.38. The number of carboxylic acids is 1. The van der Waals surface area contributed by atoms with Crippen LogP contribution in [0.2, 0.25) is 0 Å². The predicted molar refractivity (Wildman–Crippen MR) is 75.1 cm³/mol. The zero-order valence-electron chi connectivity index (χ0n) is 11.3. The van der Waals surface area contributed by atoms with Crippen LogP contribution in [0.1, 0.15) is 23.1 Å². The highest BCUT2D eigenvalue weighted by Gasteiger charge is 2.06. The van der Waals surface area contributed by atoms with Gasteiger partial charge < -0.3 is 15.3 Å². The molecule has 1 aromatic heterocycles. The smallest absolute Gasteiger partial charge is 0.308 e. The minimum absolute atomic E-state index is 0.126. The zero-order chi connectivity index (χ0) is 13.5. The lowest BCUT2D eigenvalue weighted by Gasteiger charge is -2.16. The standard InChI is InChI=1S/C13H22N2O2S/c1-10(6-7-15(2)3)14-9-12-5-4-11(18-12)8-13(16)17/h4-5,10,14H,6-9H2,1-3H3,(H,16,17). The Morgan fingerprint density at radius 1 is 1.44 bits per heavy atom. The summed E-state index contributed by atoms with van der Waals surface area (Å²) in [5, 5.41) is 12.2. The Morgan fingerprint density at radius 3 is 2.72 bits per heavy atom. The lowest BCUT2D eigenvalue weighted by molar-refractivity contribution is -0.136. The minimum Gasteiger partial charge on any atom is -0.481 e. The number of nitrogens with zero attached hydrogens (tertiary/aromatic N) is 1. The molecular weight excluding hydrogens is 248 g/mol. The normalized spacial score (nSPS) is 12.9. The molecule has 0 aromatic carbocycles. The largest absolute Gasteiger partial charge is 0.481 e. The quantitative estimate of drug-likeness (QED) is 0.756. The molecule has 0 spiro atoms. The van der Waals surface area contributed by atoms with Crippen LogP contribution in [0.15, 0.2) is 12.1 Å². The van der Waals surface area contributed by atoms with Crippen LogP contribution in [0.3, 0.4) is 0 Å². The molecule has 0 fully saturated rings. The minimum atomic E-state index is -0.768. The number of hydrogen-bond acceptors (Lipinski definition) is 4. The van der Waals surface area contributed by atoms with Gasteiger partial charge in [0.1, 0.15) is 0 Å². The molecule has 0 amide bonds. The van der Waals surface area contributed by atoms with E-state index in [0.29, 0.717) is 6.04 Å². The molecule has 102 valence electrons. The summed E-state index contributed by atoms with van der Waals surface area (Å²) in [5.41, 5.74) is 0. The number of carbonyl (C=O) groups is 1. The lowest BCUT2D eigenvalue weighted by Crippen LogP contribution is -2.29. The van der Waals surface area contributed by atoms with Crippen LogP contribution in [-0.2, 0) is 17.8 Å². The molecular formula is C13H22N2O2S. The second-order valence-electron chi connectivity index (χ2n) is 4.81. The molecule has 2 N–H and O–H groups in total. The van der Waals surface area contributed by atoms with Crippen molar-refractivity contribution in [2.45, 2.75) is 32.4 Å². The number of nitrogens with one attached hydrogen (secondary N) is 1. The van der Waals surface area contributed by atoms with Crippen molar-refractivity contribution in [1.82, 2.24) is 10.2 Å². The monoisotopic (exact) mass is 270 g/mol.